The molecule has 2 aromatic rings. The number of benzene rings is 1. The number of rotatable bonds is 3. The number of anilines is 1. The molecule has 0 saturated carbocycles. The van der Waals surface area contributed by atoms with Crippen molar-refractivity contribution in [2.45, 2.75) is 26.0 Å². The predicted molar refractivity (Wildman–Crippen MR) is 84.9 cm³/mol. The van der Waals surface area contributed by atoms with Crippen molar-refractivity contribution < 1.29 is 14.3 Å². The summed E-state index contributed by atoms with van der Waals surface area (Å²) in [5, 5.41) is 5.37. The van der Waals surface area contributed by atoms with E-state index >= 15 is 0 Å². The summed E-state index contributed by atoms with van der Waals surface area (Å²) in [5.41, 5.74) is 0.433. The largest absolute Gasteiger partial charge is 0.464 e. The van der Waals surface area contributed by atoms with Crippen molar-refractivity contribution in [1.82, 2.24) is 10.3 Å². The van der Waals surface area contributed by atoms with Gasteiger partial charge in [-0.3, -0.25) is 9.59 Å². The van der Waals surface area contributed by atoms with Gasteiger partial charge in [0.15, 0.2) is 11.6 Å². The van der Waals surface area contributed by atoms with Crippen molar-refractivity contribution in [3.63, 3.8) is 0 Å². The Balaban J connectivity index is 1.76. The van der Waals surface area contributed by atoms with Gasteiger partial charge in [0, 0.05) is 12.7 Å². The molecule has 1 unspecified atom stereocenters. The van der Waals surface area contributed by atoms with Gasteiger partial charge in [0.25, 0.3) is 17.4 Å². The highest BCUT2D eigenvalue weighted by Gasteiger charge is 2.47. The second kappa shape index (κ2) is 5.72. The number of nitrogens with zero attached hydrogens (tertiary/aromatic N) is 1. The topological polar surface area (TPSA) is 80.3 Å². The smallest absolute Gasteiger partial charge is 0.279 e. The number of pyridine rings is 1. The minimum atomic E-state index is -1.63. The van der Waals surface area contributed by atoms with Gasteiger partial charge in [-0.15, -0.1) is 0 Å². The highest BCUT2D eigenvalue weighted by atomic mass is 16.5. The van der Waals surface area contributed by atoms with Gasteiger partial charge < -0.3 is 15.4 Å². The molecule has 0 spiro atoms. The maximum Gasteiger partial charge on any atom is 0.279 e. The van der Waals surface area contributed by atoms with Crippen molar-refractivity contribution in [3.05, 3.63) is 53.7 Å². The van der Waals surface area contributed by atoms with Crippen molar-refractivity contribution in [2.24, 2.45) is 0 Å². The van der Waals surface area contributed by atoms with Gasteiger partial charge in [-0.25, -0.2) is 4.98 Å². The van der Waals surface area contributed by atoms with Crippen LogP contribution in [0.2, 0.25) is 0 Å². The zero-order valence-electron chi connectivity index (χ0n) is 12.9. The van der Waals surface area contributed by atoms with Crippen molar-refractivity contribution in [3.8, 4) is 5.75 Å². The second-order valence-electron chi connectivity index (χ2n) is 5.55. The molecular weight excluding hydrogens is 294 g/mol. The number of carbonyl (C=O) groups is 2. The fraction of sp³-hybridized carbons (Fsp3) is 0.235. The molecule has 2 N–H and O–H groups in total. The number of fused-ring (bicyclic) bond motifs is 1. The fourth-order valence-electron chi connectivity index (χ4n) is 2.36. The molecule has 0 bridgehead atoms. The van der Waals surface area contributed by atoms with Gasteiger partial charge in [-0.2, -0.15) is 0 Å². The number of aryl methyl sites for hydroxylation is 1. The Morgan fingerprint density at radius 3 is 2.87 bits per heavy atom. The maximum atomic E-state index is 12.5. The Hall–Kier alpha value is -2.89. The third-order valence-corrected chi connectivity index (χ3v) is 3.88. The zero-order chi connectivity index (χ0) is 16.4. The average molecular weight is 311 g/mol. The molecule has 3 rings (SSSR count). The molecule has 1 aliphatic rings. The van der Waals surface area contributed by atoms with E-state index in [0.717, 1.165) is 11.1 Å². The molecule has 1 aromatic heterocycles. The number of amides is 2. The summed E-state index contributed by atoms with van der Waals surface area (Å²) in [4.78, 5) is 28.8. The first kappa shape index (κ1) is 15.0. The first-order valence-corrected chi connectivity index (χ1v) is 7.29. The van der Waals surface area contributed by atoms with Crippen LogP contribution >= 0.6 is 0 Å². The summed E-state index contributed by atoms with van der Waals surface area (Å²) >= 11 is 0. The molecule has 2 amide bonds. The highest BCUT2D eigenvalue weighted by molar-refractivity contribution is 6.15. The van der Waals surface area contributed by atoms with Crippen molar-refractivity contribution in [2.75, 3.05) is 5.32 Å². The van der Waals surface area contributed by atoms with E-state index in [9.17, 15) is 9.59 Å². The first-order chi connectivity index (χ1) is 11.0. The van der Waals surface area contributed by atoms with Crippen LogP contribution in [0.4, 0.5) is 5.82 Å². The summed E-state index contributed by atoms with van der Waals surface area (Å²) in [6.07, 6.45) is 1.55. The number of aromatic nitrogens is 1. The number of nitrogens with one attached hydrogen (secondary N) is 2. The van der Waals surface area contributed by atoms with Crippen LogP contribution in [0.5, 0.6) is 5.75 Å². The summed E-state index contributed by atoms with van der Waals surface area (Å²) < 4.78 is 5.63. The van der Waals surface area contributed by atoms with Crippen molar-refractivity contribution in [1.29, 1.82) is 0 Å². The molecule has 2 heterocycles. The van der Waals surface area contributed by atoms with Crippen LogP contribution in [-0.2, 0) is 16.1 Å². The number of carbonyl (C=O) groups excluding carboxylic acids is 2. The van der Waals surface area contributed by atoms with Crippen LogP contribution in [0.15, 0.2) is 42.6 Å². The van der Waals surface area contributed by atoms with E-state index in [1.165, 1.54) is 6.92 Å². The van der Waals surface area contributed by atoms with E-state index in [2.05, 4.69) is 15.6 Å². The zero-order valence-corrected chi connectivity index (χ0v) is 12.9. The molecule has 1 atom stereocenters. The lowest BCUT2D eigenvalue weighted by Crippen LogP contribution is -2.58. The van der Waals surface area contributed by atoms with E-state index in [4.69, 9.17) is 4.74 Å². The summed E-state index contributed by atoms with van der Waals surface area (Å²) in [6.45, 7) is 3.75. The van der Waals surface area contributed by atoms with Crippen LogP contribution in [-0.4, -0.2) is 22.4 Å². The quantitative estimate of drug-likeness (QED) is 0.847. The summed E-state index contributed by atoms with van der Waals surface area (Å²) in [5.74, 6) is -0.332. The lowest BCUT2D eigenvalue weighted by atomic mass is 10.0. The van der Waals surface area contributed by atoms with Gasteiger partial charge in [0.2, 0.25) is 0 Å². The third kappa shape index (κ3) is 2.75. The van der Waals surface area contributed by atoms with Crippen molar-refractivity contribution >= 4 is 17.6 Å². The Morgan fingerprint density at radius 2 is 2.09 bits per heavy atom. The van der Waals surface area contributed by atoms with Crippen LogP contribution in [0.3, 0.4) is 0 Å². The Morgan fingerprint density at radius 1 is 1.30 bits per heavy atom. The van der Waals surface area contributed by atoms with Gasteiger partial charge in [-0.1, -0.05) is 24.3 Å². The average Bonchev–Trinajstić information content (AvgIpc) is 2.55. The lowest BCUT2D eigenvalue weighted by molar-refractivity contribution is -0.146. The Kier molecular flexibility index (Phi) is 3.73. The van der Waals surface area contributed by atoms with Gasteiger partial charge in [-0.05, 0) is 37.1 Å². The minimum Gasteiger partial charge on any atom is -0.464 e. The predicted octanol–water partition coefficient (Wildman–Crippen LogP) is 1.80. The molecule has 1 aliphatic heterocycles. The van der Waals surface area contributed by atoms with Crippen LogP contribution in [0.1, 0.15) is 18.1 Å². The van der Waals surface area contributed by atoms with Gasteiger partial charge >= 0.3 is 0 Å². The minimum absolute atomic E-state index is 0.321. The number of hydrogen-bond donors (Lipinski definition) is 2. The first-order valence-electron chi connectivity index (χ1n) is 7.29. The number of hydrogen-bond acceptors (Lipinski definition) is 4. The fourth-order valence-corrected chi connectivity index (χ4v) is 2.36. The molecule has 118 valence electrons. The molecule has 1 aromatic carbocycles. The lowest BCUT2D eigenvalue weighted by Gasteiger charge is -2.32. The highest BCUT2D eigenvalue weighted by Crippen LogP contribution is 2.31. The second-order valence-corrected chi connectivity index (χ2v) is 5.55. The Labute approximate surface area is 133 Å². The molecule has 0 aliphatic carbocycles. The third-order valence-electron chi connectivity index (χ3n) is 3.88. The van der Waals surface area contributed by atoms with Gasteiger partial charge in [0.1, 0.15) is 0 Å². The molecule has 0 radical (unpaired) electrons. The van der Waals surface area contributed by atoms with Gasteiger partial charge in [0.05, 0.1) is 0 Å². The molecule has 0 saturated heterocycles. The normalized spacial score (nSPS) is 19.3. The summed E-state index contributed by atoms with van der Waals surface area (Å²) in [7, 11) is 0. The molecular formula is C17H17N3O3. The van der Waals surface area contributed by atoms with Crippen LogP contribution in [0, 0.1) is 6.92 Å². The van der Waals surface area contributed by atoms with E-state index in [0.29, 0.717) is 18.1 Å². The van der Waals surface area contributed by atoms with E-state index in [-0.39, 0.29) is 0 Å². The molecule has 23 heavy (non-hydrogen) atoms. The molecule has 6 heteroatoms. The van der Waals surface area contributed by atoms with Crippen LogP contribution < -0.4 is 15.4 Å². The van der Waals surface area contributed by atoms with E-state index in [1.54, 1.807) is 18.3 Å². The number of ether oxygens (including phenoxy) is 1. The Bertz CT molecular complexity index is 775. The van der Waals surface area contributed by atoms with Crippen LogP contribution in [0.25, 0.3) is 0 Å². The monoisotopic (exact) mass is 311 g/mol. The summed E-state index contributed by atoms with van der Waals surface area (Å²) in [6, 6.07) is 11.1. The SMILES string of the molecule is Cc1ccccc1CNC(=O)C1(C)Oc2cccnc2NC1=O. The maximum absolute atomic E-state index is 12.5. The molecule has 0 fully saturated rings. The van der Waals surface area contributed by atoms with E-state index in [1.807, 2.05) is 31.2 Å². The van der Waals surface area contributed by atoms with E-state index < -0.39 is 17.4 Å². The standard InChI is InChI=1S/C17H17N3O3/c1-11-6-3-4-7-12(11)10-19-15(21)17(2)16(22)20-14-13(23-17)8-5-9-18-14/h3-9H,10H2,1-2H3,(H,19,21)(H,18,20,22). The molecule has 6 nitrogen and oxygen atoms in total.